The number of hydrogen-bond donors (Lipinski definition) is 1. The lowest BCUT2D eigenvalue weighted by molar-refractivity contribution is 0.388. The number of aromatic nitrogens is 2. The second-order valence-corrected chi connectivity index (χ2v) is 8.13. The number of nitrogens with two attached hydrogens (primary N) is 1. The lowest BCUT2D eigenvalue weighted by Crippen LogP contribution is -2.26. The highest BCUT2D eigenvalue weighted by Gasteiger charge is 2.38. The summed E-state index contributed by atoms with van der Waals surface area (Å²) >= 11 is 0. The Bertz CT molecular complexity index is 1710. The van der Waals surface area contributed by atoms with Crippen molar-refractivity contribution in [1.29, 1.82) is 5.26 Å². The predicted molar refractivity (Wildman–Crippen MR) is 131 cm³/mol. The average molecular weight is 458 g/mol. The van der Waals surface area contributed by atoms with Crippen molar-refractivity contribution in [3.8, 4) is 28.8 Å². The van der Waals surface area contributed by atoms with E-state index in [0.29, 0.717) is 28.0 Å². The molecule has 0 bridgehead atoms. The van der Waals surface area contributed by atoms with Gasteiger partial charge in [-0.05, 0) is 24.3 Å². The highest BCUT2D eigenvalue weighted by atomic mass is 16.5. The number of benzene rings is 3. The summed E-state index contributed by atoms with van der Waals surface area (Å²) in [4.78, 5) is 13.3. The summed E-state index contributed by atoms with van der Waals surface area (Å²) in [5.41, 5.74) is 9.35. The molecule has 0 radical (unpaired) electrons. The maximum atomic E-state index is 13.3. The molecule has 0 aliphatic carbocycles. The highest BCUT2D eigenvalue weighted by Crippen LogP contribution is 2.45. The van der Waals surface area contributed by atoms with Gasteiger partial charge in [0.25, 0.3) is 0 Å². The van der Waals surface area contributed by atoms with Crippen LogP contribution >= 0.6 is 0 Å². The van der Waals surface area contributed by atoms with Crippen molar-refractivity contribution >= 4 is 11.0 Å². The first-order valence-electron chi connectivity index (χ1n) is 11.0. The van der Waals surface area contributed by atoms with Gasteiger partial charge in [-0.15, -0.1) is 0 Å². The molecule has 0 saturated heterocycles. The largest absolute Gasteiger partial charge is 0.439 e. The Morgan fingerprint density at radius 3 is 2.37 bits per heavy atom. The molecule has 7 heteroatoms. The van der Waals surface area contributed by atoms with Crippen LogP contribution < -0.4 is 16.1 Å². The van der Waals surface area contributed by atoms with Crippen LogP contribution in [0.1, 0.15) is 17.0 Å². The third-order valence-electron chi connectivity index (χ3n) is 6.10. The van der Waals surface area contributed by atoms with Gasteiger partial charge in [0, 0.05) is 17.3 Å². The van der Waals surface area contributed by atoms with Crippen molar-refractivity contribution in [2.45, 2.75) is 5.92 Å². The molecule has 3 heterocycles. The van der Waals surface area contributed by atoms with E-state index in [1.165, 1.54) is 0 Å². The van der Waals surface area contributed by atoms with E-state index in [1.54, 1.807) is 22.9 Å². The zero-order valence-electron chi connectivity index (χ0n) is 18.4. The standard InChI is InChI=1S/C28H18N4O3/c29-15-20-23(24-26(35-27(20)30)19-13-7-8-14-22(19)34-28(24)33)21-16-32(18-11-5-2-6-12-18)31-25(21)17-9-3-1-4-10-17/h1-14,16,23H,30H2. The molecule has 2 N–H and O–H groups in total. The maximum Gasteiger partial charge on any atom is 0.344 e. The summed E-state index contributed by atoms with van der Waals surface area (Å²) < 4.78 is 13.2. The second kappa shape index (κ2) is 8.04. The topological polar surface area (TPSA) is 107 Å². The molecule has 35 heavy (non-hydrogen) atoms. The van der Waals surface area contributed by atoms with Crippen molar-refractivity contribution in [2.75, 3.05) is 0 Å². The molecule has 5 aromatic rings. The summed E-state index contributed by atoms with van der Waals surface area (Å²) in [6, 6.07) is 28.5. The third kappa shape index (κ3) is 3.28. The van der Waals surface area contributed by atoms with Crippen molar-refractivity contribution in [3.05, 3.63) is 124 Å². The van der Waals surface area contributed by atoms with Gasteiger partial charge in [-0.25, -0.2) is 9.48 Å². The summed E-state index contributed by atoms with van der Waals surface area (Å²) in [6.07, 6.45) is 1.83. The fourth-order valence-corrected chi connectivity index (χ4v) is 4.51. The molecule has 7 nitrogen and oxygen atoms in total. The normalized spacial score (nSPS) is 14.9. The fraction of sp³-hybridized carbons (Fsp3) is 0.0357. The van der Waals surface area contributed by atoms with Crippen molar-refractivity contribution in [3.63, 3.8) is 0 Å². The second-order valence-electron chi connectivity index (χ2n) is 8.13. The van der Waals surface area contributed by atoms with Crippen LogP contribution in [0.2, 0.25) is 0 Å². The molecule has 0 fully saturated rings. The number of nitrogens with zero attached hydrogens (tertiary/aromatic N) is 3. The summed E-state index contributed by atoms with van der Waals surface area (Å²) in [5, 5.41) is 15.5. The van der Waals surface area contributed by atoms with E-state index in [-0.39, 0.29) is 17.0 Å². The van der Waals surface area contributed by atoms with Gasteiger partial charge in [0.1, 0.15) is 17.2 Å². The molecule has 168 valence electrons. The van der Waals surface area contributed by atoms with Crippen LogP contribution in [0, 0.1) is 11.3 Å². The minimum Gasteiger partial charge on any atom is -0.439 e. The molecule has 0 amide bonds. The Morgan fingerprint density at radius 2 is 1.63 bits per heavy atom. The molecule has 3 aromatic carbocycles. The monoisotopic (exact) mass is 458 g/mol. The van der Waals surface area contributed by atoms with Crippen LogP contribution in [0.25, 0.3) is 27.9 Å². The number of allylic oxidation sites excluding steroid dienone is 1. The molecule has 0 saturated carbocycles. The minimum atomic E-state index is -0.822. The zero-order chi connectivity index (χ0) is 23.9. The predicted octanol–water partition coefficient (Wildman–Crippen LogP) is 4.86. The van der Waals surface area contributed by atoms with Crippen LogP contribution in [0.5, 0.6) is 5.75 Å². The first kappa shape index (κ1) is 20.5. The fourth-order valence-electron chi connectivity index (χ4n) is 4.51. The van der Waals surface area contributed by atoms with E-state index in [1.807, 2.05) is 72.9 Å². The third-order valence-corrected chi connectivity index (χ3v) is 6.10. The number of nitriles is 1. The number of rotatable bonds is 3. The molecule has 0 spiro atoms. The van der Waals surface area contributed by atoms with Crippen LogP contribution in [0.3, 0.4) is 0 Å². The number of para-hydroxylation sites is 2. The first-order chi connectivity index (χ1) is 17.2. The highest BCUT2D eigenvalue weighted by molar-refractivity contribution is 5.86. The molecule has 1 atom stereocenters. The van der Waals surface area contributed by atoms with Gasteiger partial charge < -0.3 is 14.9 Å². The molecule has 2 aromatic heterocycles. The van der Waals surface area contributed by atoms with Gasteiger partial charge in [-0.2, -0.15) is 10.4 Å². The Labute approximate surface area is 199 Å². The number of ether oxygens (including phenoxy) is 1. The zero-order valence-corrected chi connectivity index (χ0v) is 18.4. The van der Waals surface area contributed by atoms with Crippen LogP contribution in [0.15, 0.2) is 112 Å². The molecular weight excluding hydrogens is 440 g/mol. The minimum absolute atomic E-state index is 0.0489. The summed E-state index contributed by atoms with van der Waals surface area (Å²) in [6.45, 7) is 0. The van der Waals surface area contributed by atoms with Gasteiger partial charge in [-0.3, -0.25) is 0 Å². The first-order valence-corrected chi connectivity index (χ1v) is 11.0. The Hall–Kier alpha value is -5.09. The summed E-state index contributed by atoms with van der Waals surface area (Å²) in [7, 11) is 0. The van der Waals surface area contributed by atoms with E-state index in [2.05, 4.69) is 6.07 Å². The van der Waals surface area contributed by atoms with E-state index in [9.17, 15) is 10.1 Å². The van der Waals surface area contributed by atoms with Crippen LogP contribution in [0.4, 0.5) is 0 Å². The quantitative estimate of drug-likeness (QED) is 0.387. The lowest BCUT2D eigenvalue weighted by Gasteiger charge is -2.25. The van der Waals surface area contributed by atoms with Gasteiger partial charge in [0.2, 0.25) is 5.88 Å². The van der Waals surface area contributed by atoms with Crippen LogP contribution in [-0.2, 0) is 0 Å². The van der Waals surface area contributed by atoms with Crippen molar-refractivity contribution in [1.82, 2.24) is 9.78 Å². The SMILES string of the molecule is N#CC1=C(N)Oc2c(c(=O)oc3ccccc23)C1c1cn(-c2ccccc2)nc1-c1ccccc1. The molecule has 1 aliphatic rings. The smallest absolute Gasteiger partial charge is 0.344 e. The van der Waals surface area contributed by atoms with Gasteiger partial charge in [0.15, 0.2) is 5.75 Å². The van der Waals surface area contributed by atoms with Gasteiger partial charge >= 0.3 is 5.63 Å². The van der Waals surface area contributed by atoms with Gasteiger partial charge in [-0.1, -0.05) is 60.7 Å². The van der Waals surface area contributed by atoms with E-state index >= 15 is 0 Å². The van der Waals surface area contributed by atoms with E-state index in [4.69, 9.17) is 20.0 Å². The Kier molecular flexibility index (Phi) is 4.71. The van der Waals surface area contributed by atoms with Crippen molar-refractivity contribution in [2.24, 2.45) is 5.73 Å². The molecular formula is C28H18N4O3. The van der Waals surface area contributed by atoms with Crippen molar-refractivity contribution < 1.29 is 9.15 Å². The van der Waals surface area contributed by atoms with E-state index < -0.39 is 11.5 Å². The number of hydrogen-bond acceptors (Lipinski definition) is 6. The Morgan fingerprint density at radius 1 is 0.943 bits per heavy atom. The Balaban J connectivity index is 1.68. The lowest BCUT2D eigenvalue weighted by atomic mass is 9.83. The van der Waals surface area contributed by atoms with E-state index in [0.717, 1.165) is 11.3 Å². The molecule has 1 unspecified atom stereocenters. The molecule has 1 aliphatic heterocycles. The average Bonchev–Trinajstić information content (AvgIpc) is 3.34. The maximum absolute atomic E-state index is 13.3. The molecule has 6 rings (SSSR count). The number of fused-ring (bicyclic) bond motifs is 3. The van der Waals surface area contributed by atoms with Crippen LogP contribution in [-0.4, -0.2) is 9.78 Å². The van der Waals surface area contributed by atoms with Gasteiger partial charge in [0.05, 0.1) is 28.2 Å². The summed E-state index contributed by atoms with van der Waals surface area (Å²) in [5.74, 6) is -0.575.